The zero-order valence-electron chi connectivity index (χ0n) is 11.3. The first kappa shape index (κ1) is 14.2. The lowest BCUT2D eigenvalue weighted by molar-refractivity contribution is -0.139. The molecule has 1 aliphatic heterocycles. The van der Waals surface area contributed by atoms with E-state index in [1.807, 2.05) is 31.2 Å². The minimum atomic E-state index is -1.02. The van der Waals surface area contributed by atoms with Gasteiger partial charge in [-0.15, -0.1) is 0 Å². The quantitative estimate of drug-likeness (QED) is 0.764. The highest BCUT2D eigenvalue weighted by Crippen LogP contribution is 2.31. The smallest absolute Gasteiger partial charge is 0.326 e. The largest absolute Gasteiger partial charge is 0.491 e. The molecule has 1 aromatic carbocycles. The van der Waals surface area contributed by atoms with E-state index in [-0.39, 0.29) is 6.04 Å². The molecule has 6 heteroatoms. The van der Waals surface area contributed by atoms with E-state index < -0.39 is 18.0 Å². The molecule has 0 radical (unpaired) electrons. The number of amides is 2. The summed E-state index contributed by atoms with van der Waals surface area (Å²) in [5.41, 5.74) is 0.907. The fourth-order valence-corrected chi connectivity index (χ4v) is 2.19. The highest BCUT2D eigenvalue weighted by atomic mass is 16.5. The Hall–Kier alpha value is -2.24. The fraction of sp³-hybridized carbons (Fsp3) is 0.429. The van der Waals surface area contributed by atoms with Gasteiger partial charge in [-0.3, -0.25) is 0 Å². The summed E-state index contributed by atoms with van der Waals surface area (Å²) in [6.45, 7) is 2.23. The van der Waals surface area contributed by atoms with Crippen LogP contribution in [0.4, 0.5) is 4.79 Å². The Labute approximate surface area is 117 Å². The van der Waals surface area contributed by atoms with Gasteiger partial charge >= 0.3 is 12.0 Å². The number of carboxylic acids is 1. The van der Waals surface area contributed by atoms with Crippen molar-refractivity contribution in [3.8, 4) is 5.75 Å². The molecule has 0 saturated heterocycles. The zero-order valence-corrected chi connectivity index (χ0v) is 11.3. The second-order valence-corrected chi connectivity index (χ2v) is 4.70. The molecule has 3 N–H and O–H groups in total. The van der Waals surface area contributed by atoms with Crippen LogP contribution < -0.4 is 15.4 Å². The van der Waals surface area contributed by atoms with E-state index in [2.05, 4.69) is 10.6 Å². The monoisotopic (exact) mass is 278 g/mol. The Morgan fingerprint density at radius 3 is 2.90 bits per heavy atom. The van der Waals surface area contributed by atoms with Gasteiger partial charge in [-0.1, -0.05) is 31.5 Å². The van der Waals surface area contributed by atoms with Gasteiger partial charge in [0.15, 0.2) is 0 Å². The number of carbonyl (C=O) groups excluding carboxylic acids is 1. The number of hydrogen-bond donors (Lipinski definition) is 3. The summed E-state index contributed by atoms with van der Waals surface area (Å²) < 4.78 is 5.45. The maximum atomic E-state index is 11.9. The second-order valence-electron chi connectivity index (χ2n) is 4.70. The van der Waals surface area contributed by atoms with Crippen LogP contribution in [0.3, 0.4) is 0 Å². The topological polar surface area (TPSA) is 87.7 Å². The maximum Gasteiger partial charge on any atom is 0.326 e. The number of nitrogens with one attached hydrogen (secondary N) is 2. The Balaban J connectivity index is 1.94. The van der Waals surface area contributed by atoms with E-state index in [0.717, 1.165) is 11.3 Å². The van der Waals surface area contributed by atoms with Crippen molar-refractivity contribution in [2.24, 2.45) is 0 Å². The van der Waals surface area contributed by atoms with Crippen LogP contribution in [0.2, 0.25) is 0 Å². The molecule has 20 heavy (non-hydrogen) atoms. The molecule has 0 bridgehead atoms. The van der Waals surface area contributed by atoms with E-state index in [4.69, 9.17) is 9.84 Å². The predicted molar refractivity (Wildman–Crippen MR) is 72.7 cm³/mol. The van der Waals surface area contributed by atoms with Gasteiger partial charge in [0.2, 0.25) is 0 Å². The Bertz CT molecular complexity index is 504. The maximum absolute atomic E-state index is 11.9. The third-order valence-electron chi connectivity index (χ3n) is 3.19. The molecule has 108 valence electrons. The number of fused-ring (bicyclic) bond motifs is 1. The van der Waals surface area contributed by atoms with E-state index in [0.29, 0.717) is 19.4 Å². The van der Waals surface area contributed by atoms with Crippen LogP contribution >= 0.6 is 0 Å². The lowest BCUT2D eigenvalue weighted by Gasteiger charge is -2.17. The molecule has 0 aromatic heterocycles. The minimum Gasteiger partial charge on any atom is -0.491 e. The SMILES string of the molecule is CCCC(NC(=O)NC1COc2ccccc21)C(=O)O. The van der Waals surface area contributed by atoms with Crippen molar-refractivity contribution < 1.29 is 19.4 Å². The Kier molecular flexibility index (Phi) is 4.45. The molecular weight excluding hydrogens is 260 g/mol. The van der Waals surface area contributed by atoms with Gasteiger partial charge in [0.25, 0.3) is 0 Å². The Morgan fingerprint density at radius 2 is 2.20 bits per heavy atom. The van der Waals surface area contributed by atoms with Crippen molar-refractivity contribution in [2.75, 3.05) is 6.61 Å². The highest BCUT2D eigenvalue weighted by Gasteiger charge is 2.26. The van der Waals surface area contributed by atoms with Gasteiger partial charge in [-0.05, 0) is 12.5 Å². The van der Waals surface area contributed by atoms with Crippen molar-refractivity contribution in [3.63, 3.8) is 0 Å². The Morgan fingerprint density at radius 1 is 1.45 bits per heavy atom. The van der Waals surface area contributed by atoms with Crippen LogP contribution in [0.15, 0.2) is 24.3 Å². The number of para-hydroxylation sites is 1. The summed E-state index contributed by atoms with van der Waals surface area (Å²) in [7, 11) is 0. The summed E-state index contributed by atoms with van der Waals surface area (Å²) >= 11 is 0. The fourth-order valence-electron chi connectivity index (χ4n) is 2.19. The first-order valence-electron chi connectivity index (χ1n) is 6.63. The van der Waals surface area contributed by atoms with Crippen LogP contribution in [0, 0.1) is 0 Å². The predicted octanol–water partition coefficient (Wildman–Crippen LogP) is 1.67. The van der Waals surface area contributed by atoms with E-state index in [9.17, 15) is 9.59 Å². The molecule has 1 heterocycles. The van der Waals surface area contributed by atoms with Gasteiger partial charge in [-0.25, -0.2) is 9.59 Å². The molecule has 0 aliphatic carbocycles. The van der Waals surface area contributed by atoms with Crippen LogP contribution in [-0.2, 0) is 4.79 Å². The molecule has 6 nitrogen and oxygen atoms in total. The van der Waals surface area contributed by atoms with Crippen molar-refractivity contribution in [2.45, 2.75) is 31.8 Å². The number of benzene rings is 1. The molecular formula is C14H18N2O4. The summed E-state index contributed by atoms with van der Waals surface area (Å²) in [4.78, 5) is 22.9. The minimum absolute atomic E-state index is 0.248. The molecule has 0 fully saturated rings. The van der Waals surface area contributed by atoms with Gasteiger partial charge in [0.1, 0.15) is 18.4 Å². The molecule has 2 unspecified atom stereocenters. The summed E-state index contributed by atoms with van der Waals surface area (Å²) in [5, 5.41) is 14.2. The number of rotatable bonds is 5. The second kappa shape index (κ2) is 6.27. The first-order valence-corrected chi connectivity index (χ1v) is 6.63. The van der Waals surface area contributed by atoms with Gasteiger partial charge in [-0.2, -0.15) is 0 Å². The molecule has 0 spiro atoms. The number of carbonyl (C=O) groups is 2. The average molecular weight is 278 g/mol. The van der Waals surface area contributed by atoms with Crippen LogP contribution in [-0.4, -0.2) is 29.8 Å². The summed E-state index contributed by atoms with van der Waals surface area (Å²) in [6.07, 6.45) is 1.09. The normalized spacial score (nSPS) is 17.8. The molecule has 0 saturated carbocycles. The molecule has 1 aliphatic rings. The standard InChI is InChI=1S/C14H18N2O4/c1-2-5-10(13(17)18)15-14(19)16-11-8-20-12-7-4-3-6-9(11)12/h3-4,6-7,10-11H,2,5,8H2,1H3,(H,17,18)(H2,15,16,19). The van der Waals surface area contributed by atoms with Crippen LogP contribution in [0.1, 0.15) is 31.4 Å². The van der Waals surface area contributed by atoms with Gasteiger partial charge in [0.05, 0.1) is 6.04 Å². The van der Waals surface area contributed by atoms with Crippen LogP contribution in [0.5, 0.6) is 5.75 Å². The summed E-state index contributed by atoms with van der Waals surface area (Å²) in [5.74, 6) is -0.272. The molecule has 2 atom stereocenters. The molecule has 2 rings (SSSR count). The van der Waals surface area contributed by atoms with Gasteiger partial charge < -0.3 is 20.5 Å². The third-order valence-corrected chi connectivity index (χ3v) is 3.19. The molecule has 2 amide bonds. The average Bonchev–Trinajstić information content (AvgIpc) is 2.81. The van der Waals surface area contributed by atoms with Crippen molar-refractivity contribution >= 4 is 12.0 Å². The van der Waals surface area contributed by atoms with Crippen molar-refractivity contribution in [3.05, 3.63) is 29.8 Å². The zero-order chi connectivity index (χ0) is 14.5. The number of hydrogen-bond acceptors (Lipinski definition) is 3. The van der Waals surface area contributed by atoms with Crippen molar-refractivity contribution in [1.82, 2.24) is 10.6 Å². The van der Waals surface area contributed by atoms with Crippen molar-refractivity contribution in [1.29, 1.82) is 0 Å². The van der Waals surface area contributed by atoms with Crippen LogP contribution in [0.25, 0.3) is 0 Å². The molecule has 1 aromatic rings. The number of ether oxygens (including phenoxy) is 1. The lowest BCUT2D eigenvalue weighted by Crippen LogP contribution is -2.47. The summed E-state index contributed by atoms with van der Waals surface area (Å²) in [6, 6.07) is 5.86. The van der Waals surface area contributed by atoms with Gasteiger partial charge in [0, 0.05) is 5.56 Å². The van der Waals surface area contributed by atoms with E-state index in [1.54, 1.807) is 0 Å². The number of urea groups is 1. The number of carboxylic acid groups (broad SMARTS) is 1. The third kappa shape index (κ3) is 3.20. The lowest BCUT2D eigenvalue weighted by atomic mass is 10.1. The number of aliphatic carboxylic acids is 1. The highest BCUT2D eigenvalue weighted by molar-refractivity contribution is 5.82. The van der Waals surface area contributed by atoms with E-state index in [1.165, 1.54) is 0 Å². The van der Waals surface area contributed by atoms with E-state index >= 15 is 0 Å². The first-order chi connectivity index (χ1) is 9.61.